The van der Waals surface area contributed by atoms with Crippen LogP contribution in [0.3, 0.4) is 0 Å². The second-order valence-electron chi connectivity index (χ2n) is 5.79. The molecule has 0 saturated heterocycles. The molecule has 24 heavy (non-hydrogen) atoms. The molecule has 2 N–H and O–H groups in total. The highest BCUT2D eigenvalue weighted by atomic mass is 35.5. The number of carbonyl (C=O) groups is 1. The lowest BCUT2D eigenvalue weighted by atomic mass is 10.1. The van der Waals surface area contributed by atoms with E-state index < -0.39 is 0 Å². The second-order valence-corrected chi connectivity index (χ2v) is 6.77. The molecule has 1 aromatic heterocycles. The van der Waals surface area contributed by atoms with Gasteiger partial charge in [0.1, 0.15) is 0 Å². The van der Waals surface area contributed by atoms with Gasteiger partial charge in [0.2, 0.25) is 0 Å². The average Bonchev–Trinajstić information content (AvgIpc) is 3.17. The van der Waals surface area contributed by atoms with Crippen LogP contribution in [0, 0.1) is 0 Å². The molecule has 7 heteroatoms. The number of benzene rings is 1. The zero-order valence-corrected chi connectivity index (χ0v) is 16.2. The molecule has 1 amide bonds. The maximum atomic E-state index is 12.4. The summed E-state index contributed by atoms with van der Waals surface area (Å²) in [7, 11) is 4.08. The number of nitrogens with one attached hydrogen (secondary N) is 2. The highest BCUT2D eigenvalue weighted by molar-refractivity contribution is 7.10. The molecular formula is C17H23Cl2N3OS. The molecule has 0 fully saturated rings. The number of rotatable bonds is 5. The SMILES string of the molecule is CN(C)C(CNC(=O)c1ccc2c(c1)CNC2)c1cccs1.Cl.Cl. The number of nitrogens with zero attached hydrogens (tertiary/aromatic N) is 1. The quantitative estimate of drug-likeness (QED) is 0.827. The molecule has 0 radical (unpaired) electrons. The van der Waals surface area contributed by atoms with E-state index in [9.17, 15) is 4.79 Å². The number of hydrogen-bond acceptors (Lipinski definition) is 4. The van der Waals surface area contributed by atoms with Crippen molar-refractivity contribution in [1.29, 1.82) is 0 Å². The number of fused-ring (bicyclic) bond motifs is 1. The Kier molecular flexibility index (Phi) is 8.19. The molecule has 0 spiro atoms. The van der Waals surface area contributed by atoms with Crippen molar-refractivity contribution < 1.29 is 4.79 Å². The van der Waals surface area contributed by atoms with Gasteiger partial charge in [0, 0.05) is 30.1 Å². The van der Waals surface area contributed by atoms with Gasteiger partial charge in [-0.1, -0.05) is 12.1 Å². The van der Waals surface area contributed by atoms with Crippen LogP contribution in [0.4, 0.5) is 0 Å². The standard InChI is InChI=1S/C17H21N3OS.2ClH/c1-20(2)15(16-4-3-7-22-16)11-19-17(21)12-5-6-13-9-18-10-14(13)8-12;;/h3-8,15,18H,9-11H2,1-2H3,(H,19,21);2*1H. The number of thiophene rings is 1. The molecule has 0 saturated carbocycles. The van der Waals surface area contributed by atoms with Crippen LogP contribution in [-0.4, -0.2) is 31.4 Å². The van der Waals surface area contributed by atoms with Gasteiger partial charge in [-0.05, 0) is 48.8 Å². The minimum absolute atomic E-state index is 0. The van der Waals surface area contributed by atoms with Crippen LogP contribution in [0.15, 0.2) is 35.7 Å². The van der Waals surface area contributed by atoms with Crippen molar-refractivity contribution in [2.24, 2.45) is 0 Å². The Morgan fingerprint density at radius 3 is 2.67 bits per heavy atom. The number of halogens is 2. The van der Waals surface area contributed by atoms with Gasteiger partial charge in [0.05, 0.1) is 6.04 Å². The predicted molar refractivity (Wildman–Crippen MR) is 105 cm³/mol. The van der Waals surface area contributed by atoms with E-state index in [1.165, 1.54) is 16.0 Å². The summed E-state index contributed by atoms with van der Waals surface area (Å²) in [6.45, 7) is 2.37. The van der Waals surface area contributed by atoms with Gasteiger partial charge in [-0.25, -0.2) is 0 Å². The zero-order valence-electron chi connectivity index (χ0n) is 13.7. The fourth-order valence-electron chi connectivity index (χ4n) is 2.75. The summed E-state index contributed by atoms with van der Waals surface area (Å²) in [5, 5.41) is 8.44. The first-order valence-corrected chi connectivity index (χ1v) is 8.33. The highest BCUT2D eigenvalue weighted by Crippen LogP contribution is 2.22. The van der Waals surface area contributed by atoms with Crippen LogP contribution in [0.2, 0.25) is 0 Å². The first-order chi connectivity index (χ1) is 10.6. The summed E-state index contributed by atoms with van der Waals surface area (Å²) in [6.07, 6.45) is 0. The summed E-state index contributed by atoms with van der Waals surface area (Å²) in [4.78, 5) is 15.8. The summed E-state index contributed by atoms with van der Waals surface area (Å²) in [5.41, 5.74) is 3.27. The van der Waals surface area contributed by atoms with Crippen molar-refractivity contribution in [1.82, 2.24) is 15.5 Å². The lowest BCUT2D eigenvalue weighted by Crippen LogP contribution is -2.34. The molecule has 2 aromatic rings. The number of hydrogen-bond donors (Lipinski definition) is 2. The second kappa shape index (κ2) is 9.39. The van der Waals surface area contributed by atoms with Crippen molar-refractivity contribution in [2.75, 3.05) is 20.6 Å². The summed E-state index contributed by atoms with van der Waals surface area (Å²) in [5.74, 6) is -0.00175. The fourth-order valence-corrected chi connectivity index (χ4v) is 3.67. The zero-order chi connectivity index (χ0) is 15.5. The van der Waals surface area contributed by atoms with E-state index in [-0.39, 0.29) is 36.8 Å². The third-order valence-electron chi connectivity index (χ3n) is 4.05. The average molecular weight is 388 g/mol. The van der Waals surface area contributed by atoms with Crippen molar-refractivity contribution in [3.05, 3.63) is 57.3 Å². The van der Waals surface area contributed by atoms with Gasteiger partial charge in [-0.2, -0.15) is 0 Å². The molecule has 3 rings (SSSR count). The van der Waals surface area contributed by atoms with Crippen LogP contribution in [0.5, 0.6) is 0 Å². The smallest absolute Gasteiger partial charge is 0.251 e. The maximum absolute atomic E-state index is 12.4. The third kappa shape index (κ3) is 4.71. The molecule has 132 valence electrons. The van der Waals surface area contributed by atoms with Gasteiger partial charge in [0.25, 0.3) is 5.91 Å². The van der Waals surface area contributed by atoms with Crippen molar-refractivity contribution in [2.45, 2.75) is 19.1 Å². The lowest BCUT2D eigenvalue weighted by Gasteiger charge is -2.23. The topological polar surface area (TPSA) is 44.4 Å². The Hall–Kier alpha value is -1.11. The molecule has 1 atom stereocenters. The van der Waals surface area contributed by atoms with E-state index in [0.717, 1.165) is 18.7 Å². The molecule has 1 unspecified atom stereocenters. The predicted octanol–water partition coefficient (Wildman–Crippen LogP) is 3.23. The van der Waals surface area contributed by atoms with Gasteiger partial charge in [-0.15, -0.1) is 36.2 Å². The number of carbonyl (C=O) groups excluding carboxylic acids is 1. The highest BCUT2D eigenvalue weighted by Gasteiger charge is 2.18. The van der Waals surface area contributed by atoms with Crippen LogP contribution in [0.25, 0.3) is 0 Å². The van der Waals surface area contributed by atoms with Crippen molar-refractivity contribution in [3.63, 3.8) is 0 Å². The van der Waals surface area contributed by atoms with E-state index >= 15 is 0 Å². The molecule has 2 heterocycles. The lowest BCUT2D eigenvalue weighted by molar-refractivity contribution is 0.0942. The Morgan fingerprint density at radius 2 is 2.00 bits per heavy atom. The monoisotopic (exact) mass is 387 g/mol. The summed E-state index contributed by atoms with van der Waals surface area (Å²) >= 11 is 1.72. The van der Waals surface area contributed by atoms with Gasteiger partial charge >= 0.3 is 0 Å². The number of likely N-dealkylation sites (N-methyl/N-ethyl adjacent to an activating group) is 1. The molecular weight excluding hydrogens is 365 g/mol. The van der Waals surface area contributed by atoms with E-state index in [4.69, 9.17) is 0 Å². The molecule has 1 aliphatic heterocycles. The van der Waals surface area contributed by atoms with Gasteiger partial charge in [-0.3, -0.25) is 4.79 Å². The molecule has 1 aromatic carbocycles. The Bertz CT molecular complexity index is 662. The van der Waals surface area contributed by atoms with E-state index in [2.05, 4.69) is 27.0 Å². The first-order valence-electron chi connectivity index (χ1n) is 7.45. The molecule has 4 nitrogen and oxygen atoms in total. The van der Waals surface area contributed by atoms with E-state index in [1.807, 2.05) is 38.4 Å². The van der Waals surface area contributed by atoms with Gasteiger partial charge < -0.3 is 15.5 Å². The number of amides is 1. The van der Waals surface area contributed by atoms with Crippen LogP contribution < -0.4 is 10.6 Å². The molecule has 1 aliphatic rings. The molecule has 0 aliphatic carbocycles. The van der Waals surface area contributed by atoms with Crippen molar-refractivity contribution >= 4 is 42.1 Å². The minimum Gasteiger partial charge on any atom is -0.350 e. The van der Waals surface area contributed by atoms with Gasteiger partial charge in [0.15, 0.2) is 0 Å². The minimum atomic E-state index is -0.00175. The Labute approximate surface area is 159 Å². The largest absolute Gasteiger partial charge is 0.350 e. The summed E-state index contributed by atoms with van der Waals surface area (Å²) < 4.78 is 0. The first kappa shape index (κ1) is 20.9. The van der Waals surface area contributed by atoms with E-state index in [1.54, 1.807) is 11.3 Å². The normalized spacial score (nSPS) is 13.6. The Balaban J connectivity index is 0.00000144. The van der Waals surface area contributed by atoms with Crippen molar-refractivity contribution in [3.8, 4) is 0 Å². The van der Waals surface area contributed by atoms with Crippen LogP contribution >= 0.6 is 36.2 Å². The van der Waals surface area contributed by atoms with Crippen LogP contribution in [0.1, 0.15) is 32.4 Å². The summed E-state index contributed by atoms with van der Waals surface area (Å²) in [6, 6.07) is 10.3. The Morgan fingerprint density at radius 1 is 1.25 bits per heavy atom. The van der Waals surface area contributed by atoms with Crippen LogP contribution in [-0.2, 0) is 13.1 Å². The van der Waals surface area contributed by atoms with E-state index in [0.29, 0.717) is 6.54 Å². The maximum Gasteiger partial charge on any atom is 0.251 e. The molecule has 0 bridgehead atoms. The fraction of sp³-hybridized carbons (Fsp3) is 0.353. The third-order valence-corrected chi connectivity index (χ3v) is 5.02.